The molecular formula is C13H16ClN5O2. The molecule has 1 aromatic carbocycles. The Morgan fingerprint density at radius 1 is 1.57 bits per heavy atom. The Kier molecular flexibility index (Phi) is 4.77. The maximum absolute atomic E-state index is 12.0. The van der Waals surface area contributed by atoms with E-state index in [1.807, 2.05) is 0 Å². The number of methoxy groups -OCH3 is 1. The molecule has 0 saturated heterocycles. The van der Waals surface area contributed by atoms with Gasteiger partial charge in [0, 0.05) is 11.1 Å². The Labute approximate surface area is 127 Å². The lowest BCUT2D eigenvalue weighted by Gasteiger charge is -2.10. The monoisotopic (exact) mass is 309 g/mol. The maximum Gasteiger partial charge on any atom is 0.246 e. The van der Waals surface area contributed by atoms with E-state index in [-0.39, 0.29) is 18.5 Å². The van der Waals surface area contributed by atoms with E-state index in [4.69, 9.17) is 22.1 Å². The first-order valence-electron chi connectivity index (χ1n) is 6.28. The molecule has 2 rings (SSSR count). The predicted octanol–water partition coefficient (Wildman–Crippen LogP) is 1.60. The Bertz CT molecular complexity index is 641. The standard InChI is InChI=1S/C13H16ClN5O2/c1-8(15)11-6-19(18-17-11)7-13(20)16-10-5-9(14)3-4-12(10)21-2/h3-6,8H,7,15H2,1-2H3,(H,16,20). The molecule has 0 fully saturated rings. The van der Waals surface area contributed by atoms with Crippen molar-refractivity contribution in [3.8, 4) is 5.75 Å². The fraction of sp³-hybridized carbons (Fsp3) is 0.308. The minimum atomic E-state index is -0.267. The quantitative estimate of drug-likeness (QED) is 0.874. The predicted molar refractivity (Wildman–Crippen MR) is 79.3 cm³/mol. The van der Waals surface area contributed by atoms with Crippen LogP contribution in [0.4, 0.5) is 5.69 Å². The number of hydrogen-bond acceptors (Lipinski definition) is 5. The number of benzene rings is 1. The van der Waals surface area contributed by atoms with Crippen molar-refractivity contribution in [1.29, 1.82) is 0 Å². The highest BCUT2D eigenvalue weighted by Gasteiger charge is 2.11. The number of amides is 1. The van der Waals surface area contributed by atoms with Crippen LogP contribution < -0.4 is 15.8 Å². The normalized spacial score (nSPS) is 12.0. The van der Waals surface area contributed by atoms with Crippen LogP contribution in [0.25, 0.3) is 0 Å². The lowest BCUT2D eigenvalue weighted by Crippen LogP contribution is -2.19. The second-order valence-electron chi connectivity index (χ2n) is 4.52. The van der Waals surface area contributed by atoms with Gasteiger partial charge in [-0.1, -0.05) is 16.8 Å². The maximum atomic E-state index is 12.0. The van der Waals surface area contributed by atoms with Gasteiger partial charge in [-0.15, -0.1) is 5.10 Å². The Morgan fingerprint density at radius 3 is 2.95 bits per heavy atom. The van der Waals surface area contributed by atoms with Gasteiger partial charge in [-0.25, -0.2) is 4.68 Å². The fourth-order valence-corrected chi connectivity index (χ4v) is 1.89. The molecule has 3 N–H and O–H groups in total. The summed E-state index contributed by atoms with van der Waals surface area (Å²) in [6.07, 6.45) is 1.64. The third-order valence-electron chi connectivity index (χ3n) is 2.76. The van der Waals surface area contributed by atoms with Gasteiger partial charge in [-0.2, -0.15) is 0 Å². The number of aromatic nitrogens is 3. The molecule has 0 bridgehead atoms. The molecule has 1 atom stereocenters. The first-order valence-corrected chi connectivity index (χ1v) is 6.66. The van der Waals surface area contributed by atoms with Crippen molar-refractivity contribution in [1.82, 2.24) is 15.0 Å². The highest BCUT2D eigenvalue weighted by Crippen LogP contribution is 2.27. The summed E-state index contributed by atoms with van der Waals surface area (Å²) < 4.78 is 6.58. The number of ether oxygens (including phenoxy) is 1. The summed E-state index contributed by atoms with van der Waals surface area (Å²) in [6, 6.07) is 4.76. The number of nitrogens with one attached hydrogen (secondary N) is 1. The largest absolute Gasteiger partial charge is 0.495 e. The van der Waals surface area contributed by atoms with Crippen LogP contribution in [-0.2, 0) is 11.3 Å². The lowest BCUT2D eigenvalue weighted by atomic mass is 10.3. The highest BCUT2D eigenvalue weighted by atomic mass is 35.5. The number of halogens is 1. The highest BCUT2D eigenvalue weighted by molar-refractivity contribution is 6.31. The van der Waals surface area contributed by atoms with Crippen molar-refractivity contribution in [2.45, 2.75) is 19.5 Å². The fourth-order valence-electron chi connectivity index (χ4n) is 1.71. The van der Waals surface area contributed by atoms with Crippen LogP contribution in [0.1, 0.15) is 18.7 Å². The van der Waals surface area contributed by atoms with E-state index in [1.54, 1.807) is 31.3 Å². The van der Waals surface area contributed by atoms with Gasteiger partial charge < -0.3 is 15.8 Å². The second kappa shape index (κ2) is 6.55. The molecule has 1 aromatic heterocycles. The van der Waals surface area contributed by atoms with Crippen molar-refractivity contribution < 1.29 is 9.53 Å². The SMILES string of the molecule is COc1ccc(Cl)cc1NC(=O)Cn1cc(C(C)N)nn1. The van der Waals surface area contributed by atoms with Crippen LogP contribution in [0, 0.1) is 0 Å². The van der Waals surface area contributed by atoms with E-state index in [2.05, 4.69) is 15.6 Å². The summed E-state index contributed by atoms with van der Waals surface area (Å²) in [5.74, 6) is 0.263. The molecule has 0 spiro atoms. The van der Waals surface area contributed by atoms with Gasteiger partial charge in [0.05, 0.1) is 24.7 Å². The Morgan fingerprint density at radius 2 is 2.33 bits per heavy atom. The first-order chi connectivity index (χ1) is 9.99. The average Bonchev–Trinajstić information content (AvgIpc) is 2.87. The number of nitrogens with two attached hydrogens (primary N) is 1. The summed E-state index contributed by atoms with van der Waals surface area (Å²) in [7, 11) is 1.52. The molecule has 0 saturated carbocycles. The summed E-state index contributed by atoms with van der Waals surface area (Å²) >= 11 is 5.91. The van der Waals surface area contributed by atoms with Gasteiger partial charge in [-0.05, 0) is 25.1 Å². The molecule has 1 amide bonds. The van der Waals surface area contributed by atoms with Crippen molar-refractivity contribution >= 4 is 23.2 Å². The molecule has 2 aromatic rings. The number of nitrogens with zero attached hydrogens (tertiary/aromatic N) is 3. The van der Waals surface area contributed by atoms with Crippen LogP contribution in [0.5, 0.6) is 5.75 Å². The third-order valence-corrected chi connectivity index (χ3v) is 3.00. The van der Waals surface area contributed by atoms with Crippen LogP contribution in [0.15, 0.2) is 24.4 Å². The van der Waals surface area contributed by atoms with E-state index in [1.165, 1.54) is 11.8 Å². The summed E-state index contributed by atoms with van der Waals surface area (Å²) in [5.41, 5.74) is 6.82. The molecule has 8 heteroatoms. The first kappa shape index (κ1) is 15.3. The molecule has 0 aliphatic heterocycles. The van der Waals surface area contributed by atoms with E-state index >= 15 is 0 Å². The van der Waals surface area contributed by atoms with Crippen molar-refractivity contribution in [3.63, 3.8) is 0 Å². The number of carbonyl (C=O) groups excluding carboxylic acids is 1. The summed E-state index contributed by atoms with van der Waals surface area (Å²) in [4.78, 5) is 12.0. The topological polar surface area (TPSA) is 95.1 Å². The van der Waals surface area contributed by atoms with Crippen LogP contribution in [0.3, 0.4) is 0 Å². The molecule has 1 heterocycles. The zero-order chi connectivity index (χ0) is 15.4. The Hall–Kier alpha value is -2.12. The minimum Gasteiger partial charge on any atom is -0.495 e. The average molecular weight is 310 g/mol. The van der Waals surface area contributed by atoms with Gasteiger partial charge in [0.2, 0.25) is 5.91 Å². The van der Waals surface area contributed by atoms with Crippen LogP contribution in [-0.4, -0.2) is 28.0 Å². The van der Waals surface area contributed by atoms with Crippen LogP contribution in [0.2, 0.25) is 5.02 Å². The van der Waals surface area contributed by atoms with Gasteiger partial charge in [-0.3, -0.25) is 4.79 Å². The van der Waals surface area contributed by atoms with Gasteiger partial charge in [0.25, 0.3) is 0 Å². The second-order valence-corrected chi connectivity index (χ2v) is 4.96. The van der Waals surface area contributed by atoms with Gasteiger partial charge >= 0.3 is 0 Å². The zero-order valence-corrected chi connectivity index (χ0v) is 12.5. The van der Waals surface area contributed by atoms with Gasteiger partial charge in [0.1, 0.15) is 12.3 Å². The Balaban J connectivity index is 2.06. The van der Waals surface area contributed by atoms with Gasteiger partial charge in [0.15, 0.2) is 0 Å². The number of anilines is 1. The molecule has 21 heavy (non-hydrogen) atoms. The van der Waals surface area contributed by atoms with E-state index in [0.717, 1.165) is 0 Å². The van der Waals surface area contributed by atoms with Crippen molar-refractivity contribution in [2.24, 2.45) is 5.73 Å². The summed E-state index contributed by atoms with van der Waals surface area (Å²) in [6.45, 7) is 1.82. The molecular weight excluding hydrogens is 294 g/mol. The molecule has 0 aliphatic rings. The van der Waals surface area contributed by atoms with E-state index in [9.17, 15) is 4.79 Å². The minimum absolute atomic E-state index is 0.0232. The van der Waals surface area contributed by atoms with Crippen molar-refractivity contribution in [3.05, 3.63) is 35.1 Å². The lowest BCUT2D eigenvalue weighted by molar-refractivity contribution is -0.116. The number of hydrogen-bond donors (Lipinski definition) is 2. The number of rotatable bonds is 5. The molecule has 0 aliphatic carbocycles. The molecule has 112 valence electrons. The zero-order valence-electron chi connectivity index (χ0n) is 11.7. The molecule has 7 nitrogen and oxygen atoms in total. The molecule has 0 radical (unpaired) electrons. The van der Waals surface area contributed by atoms with Crippen LogP contribution >= 0.6 is 11.6 Å². The number of carbonyl (C=O) groups is 1. The molecule has 1 unspecified atom stereocenters. The summed E-state index contributed by atoms with van der Waals surface area (Å²) in [5, 5.41) is 11.0. The van der Waals surface area contributed by atoms with Crippen molar-refractivity contribution in [2.75, 3.05) is 12.4 Å². The van der Waals surface area contributed by atoms with E-state index in [0.29, 0.717) is 22.2 Å². The smallest absolute Gasteiger partial charge is 0.246 e. The third kappa shape index (κ3) is 3.93. The van der Waals surface area contributed by atoms with E-state index < -0.39 is 0 Å².